The molecule has 7 nitrogen and oxygen atoms in total. The van der Waals surface area contributed by atoms with Crippen molar-refractivity contribution >= 4 is 28.8 Å². The third-order valence-corrected chi connectivity index (χ3v) is 2.65. The summed E-state index contributed by atoms with van der Waals surface area (Å²) < 4.78 is 18.3. The zero-order valence-electron chi connectivity index (χ0n) is 10.1. The Bertz CT molecular complexity index is 668. The number of hydrogen-bond acceptors (Lipinski definition) is 6. The average Bonchev–Trinajstić information content (AvgIpc) is 2.38. The molecule has 20 heavy (non-hydrogen) atoms. The zero-order chi connectivity index (χ0) is 14.7. The molecule has 0 aliphatic heterocycles. The summed E-state index contributed by atoms with van der Waals surface area (Å²) in [5.41, 5.74) is -0.216. The fourth-order valence-electron chi connectivity index (χ4n) is 1.49. The zero-order valence-corrected chi connectivity index (χ0v) is 10.9. The standard InChI is InChI=1S/C11H8ClFN4O3/c1-20-8-3-2-6(4-7(8)13)16-11-9(17(18)19)10(12)14-5-15-11/h2-5H,1H3,(H,14,15,16). The van der Waals surface area contributed by atoms with E-state index in [-0.39, 0.29) is 22.4 Å². The molecule has 0 aliphatic rings. The normalized spacial score (nSPS) is 10.2. The first-order valence-corrected chi connectivity index (χ1v) is 5.66. The molecule has 0 bridgehead atoms. The quantitative estimate of drug-likeness (QED) is 0.530. The number of nitrogens with zero attached hydrogens (tertiary/aromatic N) is 3. The van der Waals surface area contributed by atoms with Gasteiger partial charge in [0.2, 0.25) is 11.0 Å². The number of nitro groups is 1. The van der Waals surface area contributed by atoms with E-state index in [0.717, 1.165) is 12.4 Å². The maximum atomic E-state index is 13.5. The van der Waals surface area contributed by atoms with Gasteiger partial charge in [-0.1, -0.05) is 11.6 Å². The van der Waals surface area contributed by atoms with Gasteiger partial charge in [0.15, 0.2) is 11.6 Å². The molecule has 0 saturated heterocycles. The van der Waals surface area contributed by atoms with Gasteiger partial charge in [0.05, 0.1) is 12.0 Å². The summed E-state index contributed by atoms with van der Waals surface area (Å²) in [6.45, 7) is 0. The van der Waals surface area contributed by atoms with E-state index in [9.17, 15) is 14.5 Å². The van der Waals surface area contributed by atoms with Crippen LogP contribution in [0.1, 0.15) is 0 Å². The first kappa shape index (κ1) is 13.9. The lowest BCUT2D eigenvalue weighted by Crippen LogP contribution is -2.02. The van der Waals surface area contributed by atoms with Crippen LogP contribution in [0, 0.1) is 15.9 Å². The van der Waals surface area contributed by atoms with Gasteiger partial charge in [-0.25, -0.2) is 14.4 Å². The number of nitrogens with one attached hydrogen (secondary N) is 1. The molecule has 1 heterocycles. The molecule has 2 rings (SSSR count). The molecular weight excluding hydrogens is 291 g/mol. The van der Waals surface area contributed by atoms with Gasteiger partial charge in [-0.3, -0.25) is 10.1 Å². The fraction of sp³-hybridized carbons (Fsp3) is 0.0909. The lowest BCUT2D eigenvalue weighted by atomic mass is 10.3. The van der Waals surface area contributed by atoms with Crippen molar-refractivity contribution in [2.45, 2.75) is 0 Å². The van der Waals surface area contributed by atoms with Crippen LogP contribution in [0.25, 0.3) is 0 Å². The topological polar surface area (TPSA) is 90.2 Å². The van der Waals surface area contributed by atoms with Crippen molar-refractivity contribution in [3.63, 3.8) is 0 Å². The highest BCUT2D eigenvalue weighted by Crippen LogP contribution is 2.31. The average molecular weight is 299 g/mol. The van der Waals surface area contributed by atoms with Crippen LogP contribution >= 0.6 is 11.6 Å². The maximum Gasteiger partial charge on any atom is 0.348 e. The van der Waals surface area contributed by atoms with E-state index in [2.05, 4.69) is 15.3 Å². The monoisotopic (exact) mass is 298 g/mol. The Hall–Kier alpha value is -2.48. The molecule has 2 aromatic rings. The Morgan fingerprint density at radius 2 is 2.20 bits per heavy atom. The molecule has 1 aromatic heterocycles. The summed E-state index contributed by atoms with van der Waals surface area (Å²) in [4.78, 5) is 17.4. The highest BCUT2D eigenvalue weighted by Gasteiger charge is 2.21. The van der Waals surface area contributed by atoms with Gasteiger partial charge in [0.25, 0.3) is 0 Å². The summed E-state index contributed by atoms with van der Waals surface area (Å²) in [5, 5.41) is 13.2. The second kappa shape index (κ2) is 5.66. The highest BCUT2D eigenvalue weighted by atomic mass is 35.5. The number of aromatic nitrogens is 2. The predicted molar refractivity (Wildman–Crippen MR) is 69.9 cm³/mol. The van der Waals surface area contributed by atoms with E-state index in [1.54, 1.807) is 0 Å². The lowest BCUT2D eigenvalue weighted by molar-refractivity contribution is -0.384. The van der Waals surface area contributed by atoms with Crippen molar-refractivity contribution in [1.82, 2.24) is 9.97 Å². The van der Waals surface area contributed by atoms with Gasteiger partial charge in [-0.15, -0.1) is 0 Å². The van der Waals surface area contributed by atoms with Crippen LogP contribution in [0.2, 0.25) is 5.15 Å². The Labute approximate surface area is 117 Å². The van der Waals surface area contributed by atoms with Crippen molar-refractivity contribution in [2.75, 3.05) is 12.4 Å². The molecular formula is C11H8ClFN4O3. The van der Waals surface area contributed by atoms with Gasteiger partial charge in [-0.05, 0) is 12.1 Å². The summed E-state index contributed by atoms with van der Waals surface area (Å²) in [6.07, 6.45) is 1.07. The number of benzene rings is 1. The number of hydrogen-bond donors (Lipinski definition) is 1. The molecule has 0 atom stereocenters. The molecule has 0 amide bonds. The number of anilines is 2. The number of halogens is 2. The second-order valence-electron chi connectivity index (χ2n) is 3.59. The van der Waals surface area contributed by atoms with Crippen LogP contribution in [-0.2, 0) is 0 Å². The molecule has 0 fully saturated rings. The molecule has 0 spiro atoms. The van der Waals surface area contributed by atoms with E-state index in [1.807, 2.05) is 0 Å². The van der Waals surface area contributed by atoms with Gasteiger partial charge in [0.1, 0.15) is 6.33 Å². The number of rotatable bonds is 4. The molecule has 0 unspecified atom stereocenters. The Morgan fingerprint density at radius 1 is 1.45 bits per heavy atom. The minimum atomic E-state index is -0.718. The summed E-state index contributed by atoms with van der Waals surface area (Å²) in [5.74, 6) is -0.675. The van der Waals surface area contributed by atoms with Gasteiger partial charge in [0, 0.05) is 11.8 Å². The number of ether oxygens (including phenoxy) is 1. The smallest absolute Gasteiger partial charge is 0.348 e. The SMILES string of the molecule is COc1ccc(Nc2ncnc(Cl)c2[N+](=O)[O-])cc1F. The molecule has 0 aliphatic carbocycles. The summed E-state index contributed by atoms with van der Waals surface area (Å²) >= 11 is 5.64. The third kappa shape index (κ3) is 2.75. The Balaban J connectivity index is 2.38. The summed E-state index contributed by atoms with van der Waals surface area (Å²) in [7, 11) is 1.33. The molecule has 0 radical (unpaired) electrons. The van der Waals surface area contributed by atoms with E-state index in [4.69, 9.17) is 16.3 Å². The van der Waals surface area contributed by atoms with Crippen molar-refractivity contribution in [2.24, 2.45) is 0 Å². The van der Waals surface area contributed by atoms with Crippen LogP contribution < -0.4 is 10.1 Å². The molecule has 1 aromatic carbocycles. The molecule has 0 saturated carbocycles. The van der Waals surface area contributed by atoms with Crippen molar-refractivity contribution in [3.05, 3.63) is 45.6 Å². The van der Waals surface area contributed by atoms with Crippen LogP contribution in [0.5, 0.6) is 5.75 Å². The summed E-state index contributed by atoms with van der Waals surface area (Å²) in [6, 6.07) is 3.99. The largest absolute Gasteiger partial charge is 0.494 e. The van der Waals surface area contributed by atoms with Crippen molar-refractivity contribution in [3.8, 4) is 5.75 Å². The number of methoxy groups -OCH3 is 1. The Kier molecular flexibility index (Phi) is 3.94. The fourth-order valence-corrected chi connectivity index (χ4v) is 1.69. The molecule has 9 heteroatoms. The second-order valence-corrected chi connectivity index (χ2v) is 3.95. The van der Waals surface area contributed by atoms with Crippen LogP contribution in [-0.4, -0.2) is 22.0 Å². The van der Waals surface area contributed by atoms with Crippen molar-refractivity contribution in [1.29, 1.82) is 0 Å². The van der Waals surface area contributed by atoms with Crippen LogP contribution in [0.3, 0.4) is 0 Å². The minimum absolute atomic E-state index is 0.0609. The molecule has 1 N–H and O–H groups in total. The van der Waals surface area contributed by atoms with Crippen LogP contribution in [0.4, 0.5) is 21.6 Å². The molecule has 104 valence electrons. The highest BCUT2D eigenvalue weighted by molar-refractivity contribution is 6.31. The van der Waals surface area contributed by atoms with Gasteiger partial charge >= 0.3 is 5.69 Å². The van der Waals surface area contributed by atoms with E-state index < -0.39 is 16.4 Å². The minimum Gasteiger partial charge on any atom is -0.494 e. The third-order valence-electron chi connectivity index (χ3n) is 2.37. The Morgan fingerprint density at radius 3 is 2.80 bits per heavy atom. The van der Waals surface area contributed by atoms with Crippen molar-refractivity contribution < 1.29 is 14.1 Å². The van der Waals surface area contributed by atoms with Gasteiger partial charge in [-0.2, -0.15) is 0 Å². The van der Waals surface area contributed by atoms with Crippen LogP contribution in [0.15, 0.2) is 24.5 Å². The predicted octanol–water partition coefficient (Wildman–Crippen LogP) is 2.93. The van der Waals surface area contributed by atoms with E-state index >= 15 is 0 Å². The maximum absolute atomic E-state index is 13.5. The van der Waals surface area contributed by atoms with Gasteiger partial charge < -0.3 is 10.1 Å². The van der Waals surface area contributed by atoms with E-state index in [0.29, 0.717) is 0 Å². The lowest BCUT2D eigenvalue weighted by Gasteiger charge is -2.08. The first-order valence-electron chi connectivity index (χ1n) is 5.28. The van der Waals surface area contributed by atoms with E-state index in [1.165, 1.54) is 19.2 Å². The first-order chi connectivity index (χ1) is 9.52.